The topological polar surface area (TPSA) is 55.4 Å². The molecule has 0 aromatic heterocycles. The predicted octanol–water partition coefficient (Wildman–Crippen LogP) is 9.65. The van der Waals surface area contributed by atoms with Crippen molar-refractivity contribution in [3.63, 3.8) is 0 Å². The molecule has 0 radical (unpaired) electrons. The molecular weight excluding hydrogens is 669 g/mol. The number of hydrogen-bond acceptors (Lipinski definition) is 6. The van der Waals surface area contributed by atoms with E-state index in [1.54, 1.807) is 0 Å². The second-order valence-corrected chi connectivity index (χ2v) is 13.0. The van der Waals surface area contributed by atoms with E-state index in [0.717, 1.165) is 48.7 Å². The molecule has 7 aromatic carbocycles. The first-order valence-electron chi connectivity index (χ1n) is 19.2. The number of aryl methyl sites for hydroxylation is 3. The molecule has 3 aliphatic heterocycles. The Morgan fingerprint density at radius 2 is 0.444 bits per heavy atom. The summed E-state index contributed by atoms with van der Waals surface area (Å²) in [5, 5.41) is 6.10. The Labute approximate surface area is 319 Å². The van der Waals surface area contributed by atoms with E-state index >= 15 is 0 Å². The molecule has 3 aliphatic rings. The Bertz CT molecular complexity index is 2040. The molecule has 10 rings (SSSR count). The molecule has 9 heteroatoms. The number of benzene rings is 7. The second kappa shape index (κ2) is 15.3. The molecule has 6 nitrogen and oxygen atoms in total. The van der Waals surface area contributed by atoms with Gasteiger partial charge in [-0.05, 0) is 89.5 Å². The average Bonchev–Trinajstić information content (AvgIpc) is 3.95. The molecule has 3 heterocycles. The molecule has 270 valence electrons. The van der Waals surface area contributed by atoms with E-state index in [-0.39, 0.29) is 0 Å². The van der Waals surface area contributed by atoms with E-state index in [1.165, 1.54) is 16.7 Å². The first kappa shape index (κ1) is 36.7. The SMILES string of the molecule is CC.CC.CC.Cc1ccc(B2Oc3cc4c5cc6c(cc5c5cc7c(cc5c4cc3O2)OB(c2ccc(C)cc2)O7)OB(c2ccc(C)cc2)O6)cc1. The summed E-state index contributed by atoms with van der Waals surface area (Å²) in [5.74, 6) is 4.19. The highest BCUT2D eigenvalue weighted by molar-refractivity contribution is 6.64. The second-order valence-electron chi connectivity index (χ2n) is 13.0. The van der Waals surface area contributed by atoms with Crippen LogP contribution in [-0.4, -0.2) is 21.4 Å². The molecule has 0 aliphatic carbocycles. The molecule has 0 fully saturated rings. The van der Waals surface area contributed by atoms with Crippen LogP contribution in [0.15, 0.2) is 109 Å². The lowest BCUT2D eigenvalue weighted by Gasteiger charge is -2.14. The zero-order valence-corrected chi connectivity index (χ0v) is 32.6. The summed E-state index contributed by atoms with van der Waals surface area (Å²) < 4.78 is 38.4. The highest BCUT2D eigenvalue weighted by atomic mass is 16.6. The Kier molecular flexibility index (Phi) is 10.4. The molecule has 0 spiro atoms. The van der Waals surface area contributed by atoms with Gasteiger partial charge in [0, 0.05) is 16.4 Å². The highest BCUT2D eigenvalue weighted by Gasteiger charge is 2.38. The predicted molar refractivity (Wildman–Crippen MR) is 226 cm³/mol. The first-order valence-corrected chi connectivity index (χ1v) is 19.2. The van der Waals surface area contributed by atoms with E-state index in [4.69, 9.17) is 27.9 Å². The van der Waals surface area contributed by atoms with Crippen LogP contribution in [0.3, 0.4) is 0 Å². The fourth-order valence-electron chi connectivity index (χ4n) is 6.91. The van der Waals surface area contributed by atoms with Crippen LogP contribution in [0.4, 0.5) is 0 Å². The number of hydrogen-bond donors (Lipinski definition) is 0. The molecule has 0 bridgehead atoms. The molecule has 54 heavy (non-hydrogen) atoms. The zero-order chi connectivity index (χ0) is 38.1. The Morgan fingerprint density at radius 3 is 0.611 bits per heavy atom. The van der Waals surface area contributed by atoms with E-state index in [1.807, 2.05) is 77.9 Å². The van der Waals surface area contributed by atoms with Crippen LogP contribution in [0.5, 0.6) is 34.5 Å². The van der Waals surface area contributed by atoms with Gasteiger partial charge in [0.25, 0.3) is 0 Å². The molecule has 0 amide bonds. The number of fused-ring (bicyclic) bond motifs is 9. The van der Waals surface area contributed by atoms with Crippen LogP contribution in [0.1, 0.15) is 58.2 Å². The van der Waals surface area contributed by atoms with Crippen LogP contribution >= 0.6 is 0 Å². The quantitative estimate of drug-likeness (QED) is 0.134. The maximum atomic E-state index is 6.40. The van der Waals surface area contributed by atoms with E-state index in [2.05, 4.69) is 93.6 Å². The van der Waals surface area contributed by atoms with Gasteiger partial charge in [-0.1, -0.05) is 131 Å². The van der Waals surface area contributed by atoms with Gasteiger partial charge < -0.3 is 27.9 Å². The van der Waals surface area contributed by atoms with Crippen molar-refractivity contribution in [3.8, 4) is 34.5 Å². The third-order valence-electron chi connectivity index (χ3n) is 9.57. The third-order valence-corrected chi connectivity index (χ3v) is 9.57. The summed E-state index contributed by atoms with van der Waals surface area (Å²) in [4.78, 5) is 0. The highest BCUT2D eigenvalue weighted by Crippen LogP contribution is 2.49. The summed E-state index contributed by atoms with van der Waals surface area (Å²) in [6.07, 6.45) is 0. The van der Waals surface area contributed by atoms with Crippen molar-refractivity contribution in [1.29, 1.82) is 0 Å². The normalized spacial score (nSPS) is 12.9. The molecule has 0 atom stereocenters. The molecule has 0 saturated carbocycles. The van der Waals surface area contributed by atoms with Gasteiger partial charge in [-0.2, -0.15) is 0 Å². The van der Waals surface area contributed by atoms with Gasteiger partial charge >= 0.3 is 21.4 Å². The van der Waals surface area contributed by atoms with Crippen molar-refractivity contribution in [2.24, 2.45) is 0 Å². The van der Waals surface area contributed by atoms with Gasteiger partial charge in [-0.3, -0.25) is 0 Å². The third kappa shape index (κ3) is 6.57. The van der Waals surface area contributed by atoms with Crippen LogP contribution < -0.4 is 44.3 Å². The van der Waals surface area contributed by atoms with Crippen molar-refractivity contribution >= 4 is 70.1 Å². The fourth-order valence-corrected chi connectivity index (χ4v) is 6.91. The minimum absolute atomic E-state index is 0.526. The minimum Gasteiger partial charge on any atom is -0.519 e. The van der Waals surface area contributed by atoms with E-state index < -0.39 is 21.4 Å². The van der Waals surface area contributed by atoms with Crippen LogP contribution in [0.2, 0.25) is 0 Å². The van der Waals surface area contributed by atoms with Gasteiger partial charge in [-0.25, -0.2) is 0 Å². The lowest BCUT2D eigenvalue weighted by atomic mass is 9.79. The summed E-state index contributed by atoms with van der Waals surface area (Å²) >= 11 is 0. The van der Waals surface area contributed by atoms with E-state index in [0.29, 0.717) is 34.5 Å². The number of rotatable bonds is 3. The average molecular weight is 714 g/mol. The molecule has 0 N–H and O–H groups in total. The monoisotopic (exact) mass is 714 g/mol. The molecule has 0 saturated heterocycles. The summed E-state index contributed by atoms with van der Waals surface area (Å²) in [6, 6.07) is 37.2. The van der Waals surface area contributed by atoms with Crippen LogP contribution in [0.25, 0.3) is 32.3 Å². The van der Waals surface area contributed by atoms with Crippen molar-refractivity contribution < 1.29 is 27.9 Å². The zero-order valence-electron chi connectivity index (χ0n) is 32.6. The van der Waals surface area contributed by atoms with Gasteiger partial charge in [0.1, 0.15) is 34.5 Å². The van der Waals surface area contributed by atoms with Crippen LogP contribution in [-0.2, 0) is 0 Å². The Morgan fingerprint density at radius 1 is 0.278 bits per heavy atom. The lowest BCUT2D eigenvalue weighted by Crippen LogP contribution is -2.38. The summed E-state index contributed by atoms with van der Waals surface area (Å²) in [6.45, 7) is 18.2. The van der Waals surface area contributed by atoms with Gasteiger partial charge in [0.05, 0.1) is 0 Å². The maximum absolute atomic E-state index is 6.40. The Hall–Kier alpha value is -5.69. The standard InChI is InChI=1S/C39H27B3O6.3C2H6/c1-22-4-10-25(11-5-22)40-43-34-16-28-29(17-35(34)44-40)31-19-37-39(48-42(46-37)27-14-8-24(3)9-15-27)21-33(31)32-20-38-36(18-30(28)32)45-41(47-38)26-12-6-23(2)7-13-26;3*1-2/h4-21H,1-3H3;3*1-2H3. The van der Waals surface area contributed by atoms with Crippen LogP contribution in [0, 0.1) is 20.8 Å². The van der Waals surface area contributed by atoms with Gasteiger partial charge in [0.15, 0.2) is 0 Å². The first-order chi connectivity index (χ1) is 26.4. The summed E-state index contributed by atoms with van der Waals surface area (Å²) in [7, 11) is -1.58. The maximum Gasteiger partial charge on any atom is 0.632 e. The molecule has 0 unspecified atom stereocenters. The largest absolute Gasteiger partial charge is 0.632 e. The van der Waals surface area contributed by atoms with E-state index in [9.17, 15) is 0 Å². The van der Waals surface area contributed by atoms with Gasteiger partial charge in [0.2, 0.25) is 0 Å². The van der Waals surface area contributed by atoms with Crippen molar-refractivity contribution in [1.82, 2.24) is 0 Å². The minimum atomic E-state index is -0.526. The Balaban J connectivity index is 0.000000717. The molecule has 7 aromatic rings. The van der Waals surface area contributed by atoms with Gasteiger partial charge in [-0.15, -0.1) is 0 Å². The fraction of sp³-hybridized carbons (Fsp3) is 0.200. The van der Waals surface area contributed by atoms with Crippen molar-refractivity contribution in [2.45, 2.75) is 62.3 Å². The van der Waals surface area contributed by atoms with Crippen molar-refractivity contribution in [3.05, 3.63) is 126 Å². The van der Waals surface area contributed by atoms with Crippen molar-refractivity contribution in [2.75, 3.05) is 0 Å². The summed E-state index contributed by atoms with van der Waals surface area (Å²) in [5.41, 5.74) is 6.45. The smallest absolute Gasteiger partial charge is 0.519 e. The molecular formula is C45H45B3O6. The lowest BCUT2D eigenvalue weighted by molar-refractivity contribution is 0.518.